The molecule has 26 heavy (non-hydrogen) atoms. The van der Waals surface area contributed by atoms with Crippen molar-refractivity contribution in [3.05, 3.63) is 30.1 Å². The SMILES string of the molecule is CCNC(=NCC(=O)N(C)CCc1ccccn1)NCC(CC)CC.I. The molecule has 0 atom stereocenters. The van der Waals surface area contributed by atoms with Crippen LogP contribution in [0.4, 0.5) is 0 Å². The second-order valence-electron chi connectivity index (χ2n) is 6.14. The summed E-state index contributed by atoms with van der Waals surface area (Å²) < 4.78 is 0. The number of guanidine groups is 1. The van der Waals surface area contributed by atoms with Crippen LogP contribution < -0.4 is 10.6 Å². The second-order valence-corrected chi connectivity index (χ2v) is 6.14. The second kappa shape index (κ2) is 14.8. The number of pyridine rings is 1. The number of carbonyl (C=O) groups is 1. The van der Waals surface area contributed by atoms with Crippen molar-refractivity contribution in [1.82, 2.24) is 20.5 Å². The molecule has 1 aromatic rings. The van der Waals surface area contributed by atoms with Gasteiger partial charge in [-0.15, -0.1) is 24.0 Å². The maximum absolute atomic E-state index is 12.3. The molecule has 0 bridgehead atoms. The van der Waals surface area contributed by atoms with Gasteiger partial charge in [0.2, 0.25) is 5.91 Å². The van der Waals surface area contributed by atoms with Crippen molar-refractivity contribution >= 4 is 35.8 Å². The Kier molecular flexibility index (Phi) is 14.0. The molecule has 1 rings (SSSR count). The van der Waals surface area contributed by atoms with Crippen molar-refractivity contribution in [1.29, 1.82) is 0 Å². The third kappa shape index (κ3) is 9.94. The molecule has 0 saturated heterocycles. The number of hydrogen-bond acceptors (Lipinski definition) is 3. The Balaban J connectivity index is 0.00000625. The van der Waals surface area contributed by atoms with Crippen LogP contribution in [-0.4, -0.2) is 55.0 Å². The van der Waals surface area contributed by atoms with Crippen molar-refractivity contribution in [2.45, 2.75) is 40.0 Å². The lowest BCUT2D eigenvalue weighted by Gasteiger charge is -2.18. The minimum absolute atomic E-state index is 0. The standard InChI is InChI=1S/C19H33N5O.HI/c1-5-16(6-2)14-22-19(20-7-3)23-15-18(25)24(4)13-11-17-10-8-9-12-21-17;/h8-10,12,16H,5-7,11,13-15H2,1-4H3,(H2,20,22,23);1H. The first kappa shape index (κ1) is 24.6. The fraction of sp³-hybridized carbons (Fsp3) is 0.632. The fourth-order valence-corrected chi connectivity index (χ4v) is 2.38. The summed E-state index contributed by atoms with van der Waals surface area (Å²) in [4.78, 5) is 22.7. The van der Waals surface area contributed by atoms with E-state index in [1.54, 1.807) is 11.1 Å². The number of aromatic nitrogens is 1. The summed E-state index contributed by atoms with van der Waals surface area (Å²) in [6, 6.07) is 5.83. The molecule has 0 aliphatic rings. The average molecular weight is 475 g/mol. The summed E-state index contributed by atoms with van der Waals surface area (Å²) in [5.74, 6) is 1.34. The van der Waals surface area contributed by atoms with E-state index in [1.165, 1.54) is 0 Å². The van der Waals surface area contributed by atoms with Crippen molar-refractivity contribution in [3.8, 4) is 0 Å². The van der Waals surface area contributed by atoms with Crippen molar-refractivity contribution in [2.75, 3.05) is 33.2 Å². The van der Waals surface area contributed by atoms with Gasteiger partial charge in [0.1, 0.15) is 6.54 Å². The van der Waals surface area contributed by atoms with E-state index in [1.807, 2.05) is 32.2 Å². The molecular weight excluding hydrogens is 441 g/mol. The zero-order valence-corrected chi connectivity index (χ0v) is 18.8. The van der Waals surface area contributed by atoms with Gasteiger partial charge in [-0.3, -0.25) is 9.78 Å². The molecule has 1 amide bonds. The number of likely N-dealkylation sites (N-methyl/N-ethyl adjacent to an activating group) is 1. The Bertz CT molecular complexity index is 520. The number of nitrogens with one attached hydrogen (secondary N) is 2. The summed E-state index contributed by atoms with van der Waals surface area (Å²) in [7, 11) is 1.81. The quantitative estimate of drug-likeness (QED) is 0.310. The molecule has 0 radical (unpaired) electrons. The van der Waals surface area contributed by atoms with Gasteiger partial charge >= 0.3 is 0 Å². The molecule has 0 aliphatic carbocycles. The van der Waals surface area contributed by atoms with Gasteiger partial charge in [0.15, 0.2) is 5.96 Å². The molecule has 1 aromatic heterocycles. The topological polar surface area (TPSA) is 69.6 Å². The van der Waals surface area contributed by atoms with Gasteiger partial charge in [-0.1, -0.05) is 32.8 Å². The van der Waals surface area contributed by atoms with Gasteiger partial charge in [-0.05, 0) is 25.0 Å². The summed E-state index contributed by atoms with van der Waals surface area (Å²) in [5, 5.41) is 6.53. The predicted molar refractivity (Wildman–Crippen MR) is 119 cm³/mol. The zero-order valence-electron chi connectivity index (χ0n) is 16.5. The zero-order chi connectivity index (χ0) is 18.5. The maximum Gasteiger partial charge on any atom is 0.244 e. The molecule has 2 N–H and O–H groups in total. The number of rotatable bonds is 10. The smallest absolute Gasteiger partial charge is 0.244 e. The average Bonchev–Trinajstić information content (AvgIpc) is 2.65. The lowest BCUT2D eigenvalue weighted by atomic mass is 10.0. The number of carbonyl (C=O) groups excluding carboxylic acids is 1. The van der Waals surface area contributed by atoms with Crippen LogP contribution >= 0.6 is 24.0 Å². The number of hydrogen-bond donors (Lipinski definition) is 2. The predicted octanol–water partition coefficient (Wildman–Crippen LogP) is 2.69. The van der Waals surface area contributed by atoms with Gasteiger partial charge in [0.05, 0.1) is 0 Å². The summed E-state index contributed by atoms with van der Waals surface area (Å²) in [6.45, 7) is 8.86. The number of nitrogens with zero attached hydrogens (tertiary/aromatic N) is 3. The highest BCUT2D eigenvalue weighted by Crippen LogP contribution is 2.04. The normalized spacial score (nSPS) is 11.0. The van der Waals surface area contributed by atoms with Crippen LogP contribution in [0.15, 0.2) is 29.4 Å². The molecule has 0 aromatic carbocycles. The molecular formula is C19H34IN5O. The third-order valence-corrected chi connectivity index (χ3v) is 4.28. The Morgan fingerprint density at radius 3 is 2.54 bits per heavy atom. The highest BCUT2D eigenvalue weighted by Gasteiger charge is 2.10. The molecule has 0 aliphatic heterocycles. The van der Waals surface area contributed by atoms with Gasteiger partial charge in [0.25, 0.3) is 0 Å². The highest BCUT2D eigenvalue weighted by molar-refractivity contribution is 14.0. The number of amides is 1. The van der Waals surface area contributed by atoms with E-state index < -0.39 is 0 Å². The molecule has 7 heteroatoms. The molecule has 0 fully saturated rings. The Labute approximate surface area is 175 Å². The van der Waals surface area contributed by atoms with Crippen molar-refractivity contribution in [2.24, 2.45) is 10.9 Å². The monoisotopic (exact) mass is 475 g/mol. The summed E-state index contributed by atoms with van der Waals surface area (Å²) >= 11 is 0. The van der Waals surface area contributed by atoms with E-state index in [0.717, 1.165) is 38.0 Å². The van der Waals surface area contributed by atoms with Gasteiger partial charge in [0, 0.05) is 45.0 Å². The number of halogens is 1. The maximum atomic E-state index is 12.3. The summed E-state index contributed by atoms with van der Waals surface area (Å²) in [5.41, 5.74) is 0.992. The van der Waals surface area contributed by atoms with Gasteiger partial charge < -0.3 is 15.5 Å². The molecule has 0 saturated carbocycles. The van der Waals surface area contributed by atoms with Crippen LogP contribution in [0.1, 0.15) is 39.3 Å². The van der Waals surface area contributed by atoms with Crippen LogP contribution in [-0.2, 0) is 11.2 Å². The van der Waals surface area contributed by atoms with Gasteiger partial charge in [-0.2, -0.15) is 0 Å². The fourth-order valence-electron chi connectivity index (χ4n) is 2.38. The Hall–Kier alpha value is -1.38. The molecule has 0 spiro atoms. The minimum Gasteiger partial charge on any atom is -0.357 e. The van der Waals surface area contributed by atoms with E-state index >= 15 is 0 Å². The Morgan fingerprint density at radius 1 is 1.23 bits per heavy atom. The van der Waals surface area contributed by atoms with Crippen LogP contribution in [0.2, 0.25) is 0 Å². The van der Waals surface area contributed by atoms with E-state index in [9.17, 15) is 4.79 Å². The van der Waals surface area contributed by atoms with E-state index in [4.69, 9.17) is 0 Å². The van der Waals surface area contributed by atoms with E-state index in [0.29, 0.717) is 18.4 Å². The largest absolute Gasteiger partial charge is 0.357 e. The Morgan fingerprint density at radius 2 is 1.96 bits per heavy atom. The molecule has 0 unspecified atom stereocenters. The lowest BCUT2D eigenvalue weighted by Crippen LogP contribution is -2.40. The first-order valence-corrected chi connectivity index (χ1v) is 9.26. The first-order valence-electron chi connectivity index (χ1n) is 9.26. The van der Waals surface area contributed by atoms with Crippen LogP contribution in [0, 0.1) is 5.92 Å². The first-order chi connectivity index (χ1) is 12.1. The lowest BCUT2D eigenvalue weighted by molar-refractivity contribution is -0.128. The molecule has 148 valence electrons. The minimum atomic E-state index is 0. The van der Waals surface area contributed by atoms with Crippen LogP contribution in [0.3, 0.4) is 0 Å². The van der Waals surface area contributed by atoms with Gasteiger partial charge in [-0.25, -0.2) is 4.99 Å². The van der Waals surface area contributed by atoms with E-state index in [-0.39, 0.29) is 36.4 Å². The van der Waals surface area contributed by atoms with Crippen molar-refractivity contribution < 1.29 is 4.79 Å². The molecule has 6 nitrogen and oxygen atoms in total. The van der Waals surface area contributed by atoms with Crippen LogP contribution in [0.25, 0.3) is 0 Å². The van der Waals surface area contributed by atoms with E-state index in [2.05, 4.69) is 34.5 Å². The van der Waals surface area contributed by atoms with Crippen LogP contribution in [0.5, 0.6) is 0 Å². The number of aliphatic imine (C=N–C) groups is 1. The van der Waals surface area contributed by atoms with Crippen molar-refractivity contribution in [3.63, 3.8) is 0 Å². The third-order valence-electron chi connectivity index (χ3n) is 4.28. The highest BCUT2D eigenvalue weighted by atomic mass is 127. The molecule has 1 heterocycles. The summed E-state index contributed by atoms with van der Waals surface area (Å²) in [6.07, 6.45) is 4.80.